The number of nitro benzene ring substituents is 1. The van der Waals surface area contributed by atoms with Crippen LogP contribution in [0, 0.1) is 10.1 Å². The fourth-order valence-electron chi connectivity index (χ4n) is 2.06. The van der Waals surface area contributed by atoms with Crippen LogP contribution < -0.4 is 10.9 Å². The lowest BCUT2D eigenvalue weighted by molar-refractivity contribution is -0.383. The fourth-order valence-corrected chi connectivity index (χ4v) is 2.06. The summed E-state index contributed by atoms with van der Waals surface area (Å²) in [4.78, 5) is 28.5. The van der Waals surface area contributed by atoms with Crippen LogP contribution in [-0.2, 0) is 0 Å². The third-order valence-electron chi connectivity index (χ3n) is 3.10. The van der Waals surface area contributed by atoms with Crippen LogP contribution in [0.25, 0.3) is 10.9 Å². The van der Waals surface area contributed by atoms with E-state index in [4.69, 9.17) is 0 Å². The summed E-state index contributed by atoms with van der Waals surface area (Å²) in [5.41, 5.74) is -0.0528. The number of benzene rings is 1. The van der Waals surface area contributed by atoms with E-state index >= 15 is 0 Å². The monoisotopic (exact) mass is 292 g/mol. The van der Waals surface area contributed by atoms with Crippen LogP contribution in [0.4, 0.5) is 11.4 Å². The van der Waals surface area contributed by atoms with Crippen LogP contribution in [0.3, 0.4) is 0 Å². The van der Waals surface area contributed by atoms with Crippen molar-refractivity contribution in [2.45, 2.75) is 25.9 Å². The number of rotatable bonds is 6. The molecule has 8 nitrogen and oxygen atoms in total. The van der Waals surface area contributed by atoms with Gasteiger partial charge in [-0.15, -0.1) is 0 Å². The van der Waals surface area contributed by atoms with Gasteiger partial charge in [0.25, 0.3) is 11.2 Å². The zero-order chi connectivity index (χ0) is 15.4. The first kappa shape index (κ1) is 14.9. The molecule has 0 aliphatic rings. The lowest BCUT2D eigenvalue weighted by Gasteiger charge is -2.12. The molecule has 0 saturated carbocycles. The molecule has 1 aromatic carbocycles. The summed E-state index contributed by atoms with van der Waals surface area (Å²) in [5.74, 6) is 0. The molecular formula is C13H16N4O4. The SMILES string of the molecule is CCCC(O)CNc1cc2nc[nH]c(=O)c2cc1[N+](=O)[O-]. The van der Waals surface area contributed by atoms with Gasteiger partial charge in [-0.2, -0.15) is 0 Å². The molecule has 1 atom stereocenters. The number of aliphatic hydroxyl groups is 1. The van der Waals surface area contributed by atoms with Gasteiger partial charge >= 0.3 is 0 Å². The Morgan fingerprint density at radius 2 is 2.29 bits per heavy atom. The highest BCUT2D eigenvalue weighted by Crippen LogP contribution is 2.27. The normalized spacial score (nSPS) is 12.3. The van der Waals surface area contributed by atoms with Gasteiger partial charge in [0.05, 0.1) is 28.3 Å². The zero-order valence-electron chi connectivity index (χ0n) is 11.5. The lowest BCUT2D eigenvalue weighted by atomic mass is 10.1. The van der Waals surface area contributed by atoms with E-state index < -0.39 is 16.6 Å². The van der Waals surface area contributed by atoms with Crippen molar-refractivity contribution in [2.75, 3.05) is 11.9 Å². The molecule has 0 aliphatic heterocycles. The molecule has 0 spiro atoms. The Balaban J connectivity index is 2.39. The lowest BCUT2D eigenvalue weighted by Crippen LogP contribution is -2.19. The van der Waals surface area contributed by atoms with E-state index in [9.17, 15) is 20.0 Å². The minimum Gasteiger partial charge on any atom is -0.391 e. The summed E-state index contributed by atoms with van der Waals surface area (Å²) in [7, 11) is 0. The zero-order valence-corrected chi connectivity index (χ0v) is 11.5. The van der Waals surface area contributed by atoms with Crippen LogP contribution >= 0.6 is 0 Å². The van der Waals surface area contributed by atoms with Crippen LogP contribution in [-0.4, -0.2) is 32.6 Å². The van der Waals surface area contributed by atoms with Crippen molar-refractivity contribution in [1.29, 1.82) is 0 Å². The summed E-state index contributed by atoms with van der Waals surface area (Å²) in [6.07, 6.45) is 2.08. The molecule has 0 radical (unpaired) electrons. The second-order valence-corrected chi connectivity index (χ2v) is 4.70. The van der Waals surface area contributed by atoms with Crippen molar-refractivity contribution >= 4 is 22.3 Å². The average molecular weight is 292 g/mol. The second-order valence-electron chi connectivity index (χ2n) is 4.70. The van der Waals surface area contributed by atoms with E-state index in [0.29, 0.717) is 11.9 Å². The van der Waals surface area contributed by atoms with Gasteiger partial charge in [-0.1, -0.05) is 13.3 Å². The predicted molar refractivity (Wildman–Crippen MR) is 78.4 cm³/mol. The Hall–Kier alpha value is -2.48. The molecule has 3 N–H and O–H groups in total. The Kier molecular flexibility index (Phi) is 4.49. The molecule has 1 aromatic heterocycles. The van der Waals surface area contributed by atoms with E-state index in [2.05, 4.69) is 15.3 Å². The second kappa shape index (κ2) is 6.31. The number of aromatic amines is 1. The number of aromatic nitrogens is 2. The van der Waals surface area contributed by atoms with Crippen LogP contribution in [0.5, 0.6) is 0 Å². The van der Waals surface area contributed by atoms with E-state index in [1.165, 1.54) is 18.5 Å². The molecule has 21 heavy (non-hydrogen) atoms. The topological polar surface area (TPSA) is 121 Å². The summed E-state index contributed by atoms with van der Waals surface area (Å²) in [5, 5.41) is 23.8. The average Bonchev–Trinajstić information content (AvgIpc) is 2.45. The van der Waals surface area contributed by atoms with Gasteiger partial charge in [-0.25, -0.2) is 4.98 Å². The third kappa shape index (κ3) is 3.34. The van der Waals surface area contributed by atoms with Gasteiger partial charge < -0.3 is 15.4 Å². The highest BCUT2D eigenvalue weighted by Gasteiger charge is 2.17. The van der Waals surface area contributed by atoms with Gasteiger partial charge in [0.15, 0.2) is 0 Å². The molecule has 8 heteroatoms. The Morgan fingerprint density at radius 1 is 1.52 bits per heavy atom. The van der Waals surface area contributed by atoms with Crippen molar-refractivity contribution in [2.24, 2.45) is 0 Å². The van der Waals surface area contributed by atoms with Crippen molar-refractivity contribution in [3.8, 4) is 0 Å². The minimum absolute atomic E-state index is 0.156. The molecule has 0 aliphatic carbocycles. The van der Waals surface area contributed by atoms with Gasteiger partial charge in [-0.05, 0) is 12.5 Å². The smallest absolute Gasteiger partial charge is 0.293 e. The van der Waals surface area contributed by atoms with E-state index in [0.717, 1.165) is 6.42 Å². The summed E-state index contributed by atoms with van der Waals surface area (Å²) in [6, 6.07) is 2.64. The first-order chi connectivity index (χ1) is 10.0. The van der Waals surface area contributed by atoms with Gasteiger partial charge in [0.2, 0.25) is 0 Å². The molecule has 112 valence electrons. The fraction of sp³-hybridized carbons (Fsp3) is 0.385. The molecule has 0 saturated heterocycles. The molecule has 1 heterocycles. The number of anilines is 1. The maximum atomic E-state index is 11.6. The highest BCUT2D eigenvalue weighted by molar-refractivity contribution is 5.86. The third-order valence-corrected chi connectivity index (χ3v) is 3.10. The number of hydrogen-bond acceptors (Lipinski definition) is 6. The molecule has 1 unspecified atom stereocenters. The van der Waals surface area contributed by atoms with E-state index in [1.54, 1.807) is 0 Å². The quantitative estimate of drug-likeness (QED) is 0.546. The largest absolute Gasteiger partial charge is 0.391 e. The Bertz CT molecular complexity index is 713. The number of nitrogens with zero attached hydrogens (tertiary/aromatic N) is 2. The number of H-pyrrole nitrogens is 1. The Labute approximate surface area is 120 Å². The van der Waals surface area contributed by atoms with E-state index in [1.807, 2.05) is 6.92 Å². The number of nitrogens with one attached hydrogen (secondary N) is 2. The summed E-state index contributed by atoms with van der Waals surface area (Å²) in [6.45, 7) is 2.14. The van der Waals surface area contributed by atoms with Crippen molar-refractivity contribution in [3.63, 3.8) is 0 Å². The summed E-state index contributed by atoms with van der Waals surface area (Å²) < 4.78 is 0. The highest BCUT2D eigenvalue weighted by atomic mass is 16.6. The first-order valence-corrected chi connectivity index (χ1v) is 6.60. The number of nitro groups is 1. The van der Waals surface area contributed by atoms with Crippen LogP contribution in [0.2, 0.25) is 0 Å². The van der Waals surface area contributed by atoms with Gasteiger partial charge in [-0.3, -0.25) is 14.9 Å². The van der Waals surface area contributed by atoms with E-state index in [-0.39, 0.29) is 23.3 Å². The number of fused-ring (bicyclic) bond motifs is 1. The first-order valence-electron chi connectivity index (χ1n) is 6.60. The van der Waals surface area contributed by atoms with Crippen LogP contribution in [0.15, 0.2) is 23.3 Å². The summed E-state index contributed by atoms with van der Waals surface area (Å²) >= 11 is 0. The minimum atomic E-state index is -0.586. The van der Waals surface area contributed by atoms with Gasteiger partial charge in [0, 0.05) is 12.6 Å². The standard InChI is InChI=1S/C13H16N4O4/c1-2-3-8(18)6-14-11-5-10-9(4-12(11)17(20)21)13(19)16-7-15-10/h4-5,7-8,14,18H,2-3,6H2,1H3,(H,15,16,19). The molecule has 0 amide bonds. The maximum Gasteiger partial charge on any atom is 0.293 e. The van der Waals surface area contributed by atoms with Crippen molar-refractivity contribution < 1.29 is 10.0 Å². The maximum absolute atomic E-state index is 11.6. The molecule has 0 fully saturated rings. The number of aliphatic hydroxyl groups excluding tert-OH is 1. The molecule has 2 aromatic rings. The number of hydrogen-bond donors (Lipinski definition) is 3. The molecule has 0 bridgehead atoms. The molecule has 2 rings (SSSR count). The van der Waals surface area contributed by atoms with Crippen molar-refractivity contribution in [1.82, 2.24) is 9.97 Å². The van der Waals surface area contributed by atoms with Gasteiger partial charge in [0.1, 0.15) is 5.69 Å². The van der Waals surface area contributed by atoms with Crippen molar-refractivity contribution in [3.05, 3.63) is 38.9 Å². The molecular weight excluding hydrogens is 276 g/mol. The van der Waals surface area contributed by atoms with Crippen LogP contribution in [0.1, 0.15) is 19.8 Å². The predicted octanol–water partition coefficient (Wildman–Crippen LogP) is 1.40. The Morgan fingerprint density at radius 3 is 2.95 bits per heavy atom.